The fraction of sp³-hybridized carbons (Fsp3) is 0.500. The van der Waals surface area contributed by atoms with Crippen LogP contribution in [0.2, 0.25) is 5.02 Å². The maximum Gasteiger partial charge on any atom is 0.121 e. The molecule has 1 aromatic carbocycles. The molecule has 0 fully saturated rings. The van der Waals surface area contributed by atoms with Gasteiger partial charge in [-0.05, 0) is 31.5 Å². The predicted molar refractivity (Wildman–Crippen MR) is 64.4 cm³/mol. The molecular weight excluding hydrogens is 210 g/mol. The predicted octanol–water partition coefficient (Wildman–Crippen LogP) is 3.23. The van der Waals surface area contributed by atoms with Crippen molar-refractivity contribution < 1.29 is 4.74 Å². The fourth-order valence-corrected chi connectivity index (χ4v) is 1.59. The first-order valence-corrected chi connectivity index (χ1v) is 5.69. The minimum atomic E-state index is 0.0171. The van der Waals surface area contributed by atoms with Crippen LogP contribution in [0.1, 0.15) is 26.7 Å². The van der Waals surface area contributed by atoms with Crippen molar-refractivity contribution >= 4 is 11.6 Å². The van der Waals surface area contributed by atoms with Gasteiger partial charge in [0.05, 0.1) is 0 Å². The average molecular weight is 228 g/mol. The summed E-state index contributed by atoms with van der Waals surface area (Å²) in [4.78, 5) is 0. The van der Waals surface area contributed by atoms with Crippen molar-refractivity contribution in [2.45, 2.75) is 38.8 Å². The minimum absolute atomic E-state index is 0.0171. The third kappa shape index (κ3) is 4.10. The normalized spacial score (nSPS) is 14.7. The number of hydrogen-bond acceptors (Lipinski definition) is 2. The van der Waals surface area contributed by atoms with E-state index < -0.39 is 0 Å². The molecule has 0 aliphatic carbocycles. The molecule has 0 radical (unpaired) electrons. The van der Waals surface area contributed by atoms with E-state index in [2.05, 4.69) is 6.92 Å². The van der Waals surface area contributed by atoms with Crippen LogP contribution in [0.4, 0.5) is 0 Å². The van der Waals surface area contributed by atoms with Crippen molar-refractivity contribution in [2.75, 3.05) is 0 Å². The molecule has 3 heteroatoms. The zero-order valence-electron chi connectivity index (χ0n) is 9.24. The van der Waals surface area contributed by atoms with E-state index in [-0.39, 0.29) is 12.1 Å². The molecule has 0 saturated heterocycles. The van der Waals surface area contributed by atoms with Crippen molar-refractivity contribution in [1.29, 1.82) is 0 Å². The highest BCUT2D eigenvalue weighted by Crippen LogP contribution is 2.19. The summed E-state index contributed by atoms with van der Waals surface area (Å²) in [6, 6.07) is 7.47. The Morgan fingerprint density at radius 1 is 1.47 bits per heavy atom. The molecule has 0 amide bonds. The highest BCUT2D eigenvalue weighted by molar-refractivity contribution is 6.30. The van der Waals surface area contributed by atoms with Gasteiger partial charge in [0.2, 0.25) is 0 Å². The molecule has 1 aromatic rings. The van der Waals surface area contributed by atoms with E-state index in [0.717, 1.165) is 18.6 Å². The standard InChI is InChI=1S/C12H18ClNO/c1-3-5-12(14)9(2)15-11-7-4-6-10(13)8-11/h4,6-9,12H,3,5,14H2,1-2H3. The van der Waals surface area contributed by atoms with E-state index >= 15 is 0 Å². The number of halogens is 1. The van der Waals surface area contributed by atoms with Crippen LogP contribution in [0.15, 0.2) is 24.3 Å². The summed E-state index contributed by atoms with van der Waals surface area (Å²) in [6.07, 6.45) is 2.06. The number of ether oxygens (including phenoxy) is 1. The van der Waals surface area contributed by atoms with Gasteiger partial charge in [-0.25, -0.2) is 0 Å². The Bertz CT molecular complexity index is 303. The third-order valence-electron chi connectivity index (χ3n) is 2.34. The van der Waals surface area contributed by atoms with Crippen molar-refractivity contribution in [1.82, 2.24) is 0 Å². The summed E-state index contributed by atoms with van der Waals surface area (Å²) >= 11 is 5.86. The van der Waals surface area contributed by atoms with Gasteiger partial charge in [0.15, 0.2) is 0 Å². The second-order valence-corrected chi connectivity index (χ2v) is 4.17. The molecule has 15 heavy (non-hydrogen) atoms. The van der Waals surface area contributed by atoms with Crippen molar-refractivity contribution in [3.63, 3.8) is 0 Å². The maximum atomic E-state index is 5.96. The largest absolute Gasteiger partial charge is 0.489 e. The fourth-order valence-electron chi connectivity index (χ4n) is 1.41. The van der Waals surface area contributed by atoms with E-state index in [1.54, 1.807) is 6.07 Å². The first-order chi connectivity index (χ1) is 7.13. The molecule has 0 heterocycles. The van der Waals surface area contributed by atoms with Gasteiger partial charge in [0.25, 0.3) is 0 Å². The van der Waals surface area contributed by atoms with Gasteiger partial charge < -0.3 is 10.5 Å². The molecular formula is C12H18ClNO. The number of hydrogen-bond donors (Lipinski definition) is 1. The molecule has 0 bridgehead atoms. The van der Waals surface area contributed by atoms with Gasteiger partial charge in [0.1, 0.15) is 11.9 Å². The number of benzene rings is 1. The molecule has 1 rings (SSSR count). The van der Waals surface area contributed by atoms with E-state index in [1.165, 1.54) is 0 Å². The van der Waals surface area contributed by atoms with Gasteiger partial charge in [-0.1, -0.05) is 31.0 Å². The molecule has 2 unspecified atom stereocenters. The summed E-state index contributed by atoms with van der Waals surface area (Å²) in [5.74, 6) is 0.779. The van der Waals surface area contributed by atoms with Crippen LogP contribution < -0.4 is 10.5 Å². The Labute approximate surface area is 96.4 Å². The highest BCUT2D eigenvalue weighted by atomic mass is 35.5. The second-order valence-electron chi connectivity index (χ2n) is 3.73. The molecule has 2 atom stereocenters. The monoisotopic (exact) mass is 227 g/mol. The van der Waals surface area contributed by atoms with E-state index in [9.17, 15) is 0 Å². The Balaban J connectivity index is 2.54. The topological polar surface area (TPSA) is 35.2 Å². The average Bonchev–Trinajstić information content (AvgIpc) is 2.18. The molecule has 2 N–H and O–H groups in total. The third-order valence-corrected chi connectivity index (χ3v) is 2.58. The Kier molecular flexibility index (Phi) is 4.92. The molecule has 84 valence electrons. The second kappa shape index (κ2) is 5.99. The van der Waals surface area contributed by atoms with Gasteiger partial charge in [-0.2, -0.15) is 0 Å². The zero-order chi connectivity index (χ0) is 11.3. The molecule has 0 spiro atoms. The first kappa shape index (κ1) is 12.3. The smallest absolute Gasteiger partial charge is 0.121 e. The Hall–Kier alpha value is -0.730. The summed E-state index contributed by atoms with van der Waals surface area (Å²) < 4.78 is 5.70. The van der Waals surface area contributed by atoms with Crippen molar-refractivity contribution in [2.24, 2.45) is 5.73 Å². The minimum Gasteiger partial charge on any atom is -0.489 e. The van der Waals surface area contributed by atoms with Crippen molar-refractivity contribution in [3.05, 3.63) is 29.3 Å². The lowest BCUT2D eigenvalue weighted by atomic mass is 10.1. The van der Waals surface area contributed by atoms with Gasteiger partial charge in [-0.15, -0.1) is 0 Å². The Morgan fingerprint density at radius 3 is 2.80 bits per heavy atom. The van der Waals surface area contributed by atoms with Crippen molar-refractivity contribution in [3.8, 4) is 5.75 Å². The molecule has 0 saturated carbocycles. The summed E-state index contributed by atoms with van der Waals surface area (Å²) in [5.41, 5.74) is 5.96. The summed E-state index contributed by atoms with van der Waals surface area (Å²) in [5, 5.41) is 0.684. The zero-order valence-corrected chi connectivity index (χ0v) is 10.00. The van der Waals surface area contributed by atoms with Gasteiger partial charge in [-0.3, -0.25) is 0 Å². The lowest BCUT2D eigenvalue weighted by Gasteiger charge is -2.21. The quantitative estimate of drug-likeness (QED) is 0.838. The lowest BCUT2D eigenvalue weighted by Crippen LogP contribution is -2.36. The Morgan fingerprint density at radius 2 is 2.20 bits per heavy atom. The first-order valence-electron chi connectivity index (χ1n) is 5.31. The van der Waals surface area contributed by atoms with Crippen LogP contribution in [0, 0.1) is 0 Å². The van der Waals surface area contributed by atoms with Crippen LogP contribution in [-0.4, -0.2) is 12.1 Å². The molecule has 0 aliphatic rings. The number of rotatable bonds is 5. The van der Waals surface area contributed by atoms with Crippen LogP contribution in [0.3, 0.4) is 0 Å². The summed E-state index contributed by atoms with van der Waals surface area (Å²) in [6.45, 7) is 4.10. The van der Waals surface area contributed by atoms with Gasteiger partial charge >= 0.3 is 0 Å². The molecule has 2 nitrogen and oxygen atoms in total. The van der Waals surface area contributed by atoms with Crippen LogP contribution in [-0.2, 0) is 0 Å². The highest BCUT2D eigenvalue weighted by Gasteiger charge is 2.13. The molecule has 0 aliphatic heterocycles. The van der Waals surface area contributed by atoms with E-state index in [4.69, 9.17) is 22.1 Å². The molecule has 0 aromatic heterocycles. The van der Waals surface area contributed by atoms with E-state index in [1.807, 2.05) is 25.1 Å². The maximum absolute atomic E-state index is 5.96. The van der Waals surface area contributed by atoms with Crippen LogP contribution in [0.25, 0.3) is 0 Å². The summed E-state index contributed by atoms with van der Waals surface area (Å²) in [7, 11) is 0. The lowest BCUT2D eigenvalue weighted by molar-refractivity contribution is 0.184. The van der Waals surface area contributed by atoms with Gasteiger partial charge in [0, 0.05) is 11.1 Å². The SMILES string of the molecule is CCCC(N)C(C)Oc1cccc(Cl)c1. The van der Waals surface area contributed by atoms with Crippen LogP contribution in [0.5, 0.6) is 5.75 Å². The number of nitrogens with two attached hydrogens (primary N) is 1. The van der Waals surface area contributed by atoms with E-state index in [0.29, 0.717) is 5.02 Å². The van der Waals surface area contributed by atoms with Crippen LogP contribution >= 0.6 is 11.6 Å².